The van der Waals surface area contributed by atoms with Gasteiger partial charge in [-0.25, -0.2) is 4.68 Å². The number of carbonyl (C=O) groups excluding carboxylic acids is 1. The predicted octanol–water partition coefficient (Wildman–Crippen LogP) is 4.89. The molecule has 4 aromatic rings. The van der Waals surface area contributed by atoms with Gasteiger partial charge in [-0.05, 0) is 43.7 Å². The first-order valence-corrected chi connectivity index (χ1v) is 8.54. The molecule has 1 aromatic heterocycles. The van der Waals surface area contributed by atoms with Crippen LogP contribution >= 0.6 is 0 Å². The highest BCUT2D eigenvalue weighted by molar-refractivity contribution is 6.07. The van der Waals surface area contributed by atoms with Crippen LogP contribution in [-0.2, 0) is 0 Å². The summed E-state index contributed by atoms with van der Waals surface area (Å²) in [6.45, 7) is 4.03. The molecule has 26 heavy (non-hydrogen) atoms. The lowest BCUT2D eigenvalue weighted by Gasteiger charge is -2.12. The molecule has 0 aliphatic carbocycles. The van der Waals surface area contributed by atoms with E-state index in [0.29, 0.717) is 5.56 Å². The lowest BCUT2D eigenvalue weighted by atomic mass is 10.1. The fourth-order valence-corrected chi connectivity index (χ4v) is 3.10. The first-order chi connectivity index (χ1) is 12.6. The van der Waals surface area contributed by atoms with E-state index in [-0.39, 0.29) is 5.91 Å². The average molecular weight is 341 g/mol. The topological polar surface area (TPSA) is 46.9 Å². The largest absolute Gasteiger partial charge is 0.322 e. The molecular weight excluding hydrogens is 322 g/mol. The maximum atomic E-state index is 12.9. The fourth-order valence-electron chi connectivity index (χ4n) is 3.10. The average Bonchev–Trinajstić information content (AvgIpc) is 3.08. The molecule has 0 bridgehead atoms. The molecular formula is C22H19N3O. The molecule has 3 aromatic carbocycles. The number of fused-ring (bicyclic) bond motifs is 1. The van der Waals surface area contributed by atoms with E-state index in [2.05, 4.69) is 16.5 Å². The highest BCUT2D eigenvalue weighted by Gasteiger charge is 2.14. The van der Waals surface area contributed by atoms with Crippen molar-refractivity contribution >= 4 is 22.5 Å². The molecule has 0 fully saturated rings. The van der Waals surface area contributed by atoms with Crippen molar-refractivity contribution in [2.75, 3.05) is 5.32 Å². The number of para-hydroxylation sites is 1. The molecule has 0 aliphatic heterocycles. The molecule has 1 N–H and O–H groups in total. The van der Waals surface area contributed by atoms with E-state index in [0.717, 1.165) is 27.8 Å². The van der Waals surface area contributed by atoms with Crippen molar-refractivity contribution in [3.05, 3.63) is 89.6 Å². The Kier molecular flexibility index (Phi) is 4.01. The number of anilines is 1. The van der Waals surface area contributed by atoms with Gasteiger partial charge >= 0.3 is 0 Å². The van der Waals surface area contributed by atoms with Gasteiger partial charge in [0.2, 0.25) is 0 Å². The number of aryl methyl sites for hydroxylation is 2. The minimum atomic E-state index is -0.146. The van der Waals surface area contributed by atoms with Crippen LogP contribution in [0.3, 0.4) is 0 Å². The van der Waals surface area contributed by atoms with Gasteiger partial charge in [0.1, 0.15) is 0 Å². The first kappa shape index (κ1) is 16.1. The Balaban J connectivity index is 1.72. The molecule has 1 heterocycles. The van der Waals surface area contributed by atoms with Gasteiger partial charge in [-0.1, -0.05) is 48.0 Å². The second-order valence-corrected chi connectivity index (χ2v) is 6.42. The molecule has 0 radical (unpaired) electrons. The third-order valence-electron chi connectivity index (χ3n) is 4.44. The van der Waals surface area contributed by atoms with Gasteiger partial charge in [-0.15, -0.1) is 0 Å². The number of aromatic nitrogens is 2. The van der Waals surface area contributed by atoms with Crippen molar-refractivity contribution in [2.45, 2.75) is 13.8 Å². The first-order valence-electron chi connectivity index (χ1n) is 8.54. The molecule has 0 saturated heterocycles. The third-order valence-corrected chi connectivity index (χ3v) is 4.44. The lowest BCUT2D eigenvalue weighted by molar-refractivity contribution is 0.102. The second kappa shape index (κ2) is 6.48. The van der Waals surface area contributed by atoms with Crippen LogP contribution in [0.4, 0.5) is 5.69 Å². The van der Waals surface area contributed by atoms with E-state index in [1.807, 2.05) is 80.7 Å². The van der Waals surface area contributed by atoms with E-state index in [4.69, 9.17) is 0 Å². The number of rotatable bonds is 3. The highest BCUT2D eigenvalue weighted by atomic mass is 16.1. The van der Waals surface area contributed by atoms with Crippen LogP contribution in [0.2, 0.25) is 0 Å². The number of hydrogen-bond donors (Lipinski definition) is 1. The minimum absolute atomic E-state index is 0.146. The van der Waals surface area contributed by atoms with Crippen LogP contribution in [0.25, 0.3) is 16.6 Å². The maximum Gasteiger partial charge on any atom is 0.257 e. The zero-order chi connectivity index (χ0) is 18.1. The van der Waals surface area contributed by atoms with Gasteiger partial charge in [0, 0.05) is 17.3 Å². The Morgan fingerprint density at radius 1 is 0.962 bits per heavy atom. The number of hydrogen-bond acceptors (Lipinski definition) is 2. The standard InChI is InChI=1S/C22H19N3O/c1-15-11-12-19(16(2)13-15)23-22(26)18-8-4-6-10-21(18)25-14-17-7-3-5-9-20(17)24-25/h3-14H,1-2H3,(H,23,26). The minimum Gasteiger partial charge on any atom is -0.322 e. The molecule has 0 unspecified atom stereocenters. The zero-order valence-electron chi connectivity index (χ0n) is 14.7. The van der Waals surface area contributed by atoms with Crippen LogP contribution in [0.1, 0.15) is 21.5 Å². The van der Waals surface area contributed by atoms with Crippen molar-refractivity contribution in [3.63, 3.8) is 0 Å². The molecule has 1 amide bonds. The van der Waals surface area contributed by atoms with Crippen molar-refractivity contribution in [2.24, 2.45) is 0 Å². The normalized spacial score (nSPS) is 10.8. The van der Waals surface area contributed by atoms with Gasteiger partial charge in [0.25, 0.3) is 5.91 Å². The zero-order valence-corrected chi connectivity index (χ0v) is 14.7. The summed E-state index contributed by atoms with van der Waals surface area (Å²) >= 11 is 0. The lowest BCUT2D eigenvalue weighted by Crippen LogP contribution is -2.16. The van der Waals surface area contributed by atoms with Crippen molar-refractivity contribution in [1.82, 2.24) is 9.78 Å². The Hall–Kier alpha value is -3.40. The van der Waals surface area contributed by atoms with Crippen LogP contribution in [0.5, 0.6) is 0 Å². The predicted molar refractivity (Wildman–Crippen MR) is 105 cm³/mol. The maximum absolute atomic E-state index is 12.9. The van der Waals surface area contributed by atoms with Gasteiger partial charge in [-0.3, -0.25) is 4.79 Å². The summed E-state index contributed by atoms with van der Waals surface area (Å²) in [6, 6.07) is 21.4. The Morgan fingerprint density at radius 2 is 1.73 bits per heavy atom. The van der Waals surface area contributed by atoms with E-state index in [1.54, 1.807) is 4.68 Å². The van der Waals surface area contributed by atoms with E-state index >= 15 is 0 Å². The summed E-state index contributed by atoms with van der Waals surface area (Å²) in [7, 11) is 0. The molecule has 0 saturated carbocycles. The van der Waals surface area contributed by atoms with Gasteiger partial charge in [-0.2, -0.15) is 5.10 Å². The monoisotopic (exact) mass is 341 g/mol. The van der Waals surface area contributed by atoms with Crippen molar-refractivity contribution in [3.8, 4) is 5.69 Å². The summed E-state index contributed by atoms with van der Waals surface area (Å²) in [5.41, 5.74) is 5.27. The number of amides is 1. The summed E-state index contributed by atoms with van der Waals surface area (Å²) < 4.78 is 1.77. The molecule has 4 nitrogen and oxygen atoms in total. The van der Waals surface area contributed by atoms with E-state index in [1.165, 1.54) is 5.56 Å². The van der Waals surface area contributed by atoms with E-state index < -0.39 is 0 Å². The number of nitrogens with one attached hydrogen (secondary N) is 1. The summed E-state index contributed by atoms with van der Waals surface area (Å²) in [6.07, 6.45) is 1.94. The molecule has 0 spiro atoms. The molecule has 128 valence electrons. The Bertz CT molecular complexity index is 1080. The highest BCUT2D eigenvalue weighted by Crippen LogP contribution is 2.21. The molecule has 4 rings (SSSR count). The number of nitrogens with zero attached hydrogens (tertiary/aromatic N) is 2. The molecule has 0 atom stereocenters. The number of benzene rings is 3. The van der Waals surface area contributed by atoms with Crippen LogP contribution in [0.15, 0.2) is 72.9 Å². The van der Waals surface area contributed by atoms with Crippen LogP contribution in [-0.4, -0.2) is 15.7 Å². The molecule has 0 aliphatic rings. The summed E-state index contributed by atoms with van der Waals surface area (Å²) in [5, 5.41) is 8.66. The molecule has 4 heteroatoms. The Labute approximate surface area is 152 Å². The van der Waals surface area contributed by atoms with Gasteiger partial charge < -0.3 is 5.32 Å². The SMILES string of the molecule is Cc1ccc(NC(=O)c2ccccc2-n2cc3ccccc3n2)c(C)c1. The van der Waals surface area contributed by atoms with E-state index in [9.17, 15) is 4.79 Å². The fraction of sp³-hybridized carbons (Fsp3) is 0.0909. The second-order valence-electron chi connectivity index (χ2n) is 6.42. The third kappa shape index (κ3) is 2.97. The summed E-state index contributed by atoms with van der Waals surface area (Å²) in [5.74, 6) is -0.146. The smallest absolute Gasteiger partial charge is 0.257 e. The van der Waals surface area contributed by atoms with Crippen molar-refractivity contribution in [1.29, 1.82) is 0 Å². The summed E-state index contributed by atoms with van der Waals surface area (Å²) in [4.78, 5) is 12.9. The number of carbonyl (C=O) groups is 1. The van der Waals surface area contributed by atoms with Crippen molar-refractivity contribution < 1.29 is 4.79 Å². The van der Waals surface area contributed by atoms with Crippen LogP contribution in [0, 0.1) is 13.8 Å². The van der Waals surface area contributed by atoms with Gasteiger partial charge in [0.15, 0.2) is 0 Å². The van der Waals surface area contributed by atoms with Crippen LogP contribution < -0.4 is 5.32 Å². The Morgan fingerprint density at radius 3 is 2.54 bits per heavy atom. The quantitative estimate of drug-likeness (QED) is 0.576. The van der Waals surface area contributed by atoms with Gasteiger partial charge in [0.05, 0.1) is 16.8 Å².